The number of hydrogen-bond acceptors (Lipinski definition) is 3. The number of aliphatic imine (C=N–C) groups is 1. The lowest BCUT2D eigenvalue weighted by molar-refractivity contribution is -0.138. The third-order valence-corrected chi connectivity index (χ3v) is 5.00. The zero-order chi connectivity index (χ0) is 19.3. The molecule has 1 saturated carbocycles. The lowest BCUT2D eigenvalue weighted by Gasteiger charge is -2.33. The van der Waals surface area contributed by atoms with Crippen LogP contribution in [0, 0.1) is 0 Å². The van der Waals surface area contributed by atoms with Crippen molar-refractivity contribution in [3.63, 3.8) is 0 Å². The fourth-order valence-electron chi connectivity index (χ4n) is 3.39. The van der Waals surface area contributed by atoms with E-state index in [1.165, 1.54) is 31.0 Å². The summed E-state index contributed by atoms with van der Waals surface area (Å²) in [5.41, 5.74) is -0.755. The predicted molar refractivity (Wildman–Crippen MR) is 114 cm³/mol. The van der Waals surface area contributed by atoms with Crippen molar-refractivity contribution in [2.45, 2.75) is 43.9 Å². The van der Waals surface area contributed by atoms with Crippen LogP contribution in [0.25, 0.3) is 0 Å². The van der Waals surface area contributed by atoms with E-state index in [1.54, 1.807) is 7.05 Å². The minimum Gasteiger partial charge on any atom is -0.491 e. The zero-order valence-electron chi connectivity index (χ0n) is 16.0. The Morgan fingerprint density at radius 1 is 1.18 bits per heavy atom. The van der Waals surface area contributed by atoms with Gasteiger partial charge in [0.15, 0.2) is 5.96 Å². The largest absolute Gasteiger partial charge is 0.491 e. The highest BCUT2D eigenvalue weighted by Crippen LogP contribution is 2.35. The number of hydrogen-bond donors (Lipinski definition) is 2. The number of piperidine rings is 1. The van der Waals surface area contributed by atoms with Gasteiger partial charge in [0.2, 0.25) is 0 Å². The summed E-state index contributed by atoms with van der Waals surface area (Å²) in [4.78, 5) is 6.75. The number of nitrogens with zero attached hydrogens (tertiary/aromatic N) is 2. The number of guanidine groups is 1. The van der Waals surface area contributed by atoms with Gasteiger partial charge in [0.25, 0.3) is 0 Å². The van der Waals surface area contributed by atoms with Crippen LogP contribution in [0.4, 0.5) is 13.2 Å². The van der Waals surface area contributed by atoms with E-state index in [0.29, 0.717) is 18.5 Å². The molecule has 0 spiro atoms. The molecule has 0 bridgehead atoms. The van der Waals surface area contributed by atoms with Crippen molar-refractivity contribution in [1.82, 2.24) is 15.5 Å². The second-order valence-electron chi connectivity index (χ2n) is 7.03. The number of rotatable bonds is 6. The minimum atomic E-state index is -4.42. The van der Waals surface area contributed by atoms with Crippen molar-refractivity contribution in [3.8, 4) is 5.75 Å². The Hall–Kier alpha value is -1.23. The van der Waals surface area contributed by atoms with Crippen LogP contribution in [0.15, 0.2) is 29.3 Å². The molecule has 9 heteroatoms. The third-order valence-electron chi connectivity index (χ3n) is 5.00. The average Bonchev–Trinajstić information content (AvgIpc) is 3.49. The molecule has 0 amide bonds. The first kappa shape index (κ1) is 23.1. The van der Waals surface area contributed by atoms with Gasteiger partial charge >= 0.3 is 6.18 Å². The molecule has 3 rings (SSSR count). The summed E-state index contributed by atoms with van der Waals surface area (Å²) < 4.78 is 44.2. The second kappa shape index (κ2) is 10.5. The molecule has 28 heavy (non-hydrogen) atoms. The van der Waals surface area contributed by atoms with Crippen LogP contribution < -0.4 is 15.4 Å². The normalized spacial score (nSPS) is 19.1. The molecule has 5 nitrogen and oxygen atoms in total. The van der Waals surface area contributed by atoms with Gasteiger partial charge in [-0.3, -0.25) is 4.99 Å². The number of alkyl halides is 3. The van der Waals surface area contributed by atoms with Gasteiger partial charge < -0.3 is 20.3 Å². The molecule has 1 heterocycles. The molecule has 0 atom stereocenters. The molecular formula is C19H28F3IN4O. The number of nitrogens with one attached hydrogen (secondary N) is 2. The number of ether oxygens (including phenoxy) is 1. The maximum absolute atomic E-state index is 13.0. The number of benzene rings is 1. The third kappa shape index (κ3) is 6.68. The summed E-state index contributed by atoms with van der Waals surface area (Å²) in [7, 11) is 1.69. The van der Waals surface area contributed by atoms with Crippen molar-refractivity contribution in [3.05, 3.63) is 29.8 Å². The van der Waals surface area contributed by atoms with Gasteiger partial charge in [-0.2, -0.15) is 13.2 Å². The maximum atomic E-state index is 13.0. The predicted octanol–water partition coefficient (Wildman–Crippen LogP) is 3.49. The van der Waals surface area contributed by atoms with Crippen LogP contribution in [-0.2, 0) is 6.18 Å². The summed E-state index contributed by atoms with van der Waals surface area (Å²) in [6.07, 6.45) is 0.397. The SMILES string of the molecule is CN=C(NCCOc1ccccc1C(F)(F)F)NC1CCN(C2CC2)CC1.I. The lowest BCUT2D eigenvalue weighted by atomic mass is 10.1. The van der Waals surface area contributed by atoms with E-state index in [-0.39, 0.29) is 36.3 Å². The molecular weight excluding hydrogens is 484 g/mol. The van der Waals surface area contributed by atoms with E-state index in [1.807, 2.05) is 0 Å². The van der Waals surface area contributed by atoms with E-state index in [4.69, 9.17) is 4.74 Å². The molecule has 2 fully saturated rings. The van der Waals surface area contributed by atoms with Crippen molar-refractivity contribution < 1.29 is 17.9 Å². The molecule has 1 aromatic rings. The summed E-state index contributed by atoms with van der Waals surface area (Å²) in [6.45, 7) is 2.70. The number of likely N-dealkylation sites (tertiary alicyclic amines) is 1. The van der Waals surface area contributed by atoms with Crippen molar-refractivity contribution >= 4 is 29.9 Å². The standard InChI is InChI=1S/C19H27F3N4O.HI/c1-23-18(25-14-8-11-26(12-9-14)15-6-7-15)24-10-13-27-17-5-3-2-4-16(17)19(20,21)22;/h2-5,14-15H,6-13H2,1H3,(H2,23,24,25);1H. The van der Waals surface area contributed by atoms with Crippen molar-refractivity contribution in [2.24, 2.45) is 4.99 Å². The molecule has 2 aliphatic rings. The minimum absolute atomic E-state index is 0. The highest BCUT2D eigenvalue weighted by molar-refractivity contribution is 14.0. The first-order valence-electron chi connectivity index (χ1n) is 9.47. The Kier molecular flexibility index (Phi) is 8.66. The Labute approximate surface area is 181 Å². The van der Waals surface area contributed by atoms with Crippen LogP contribution >= 0.6 is 24.0 Å². The first-order chi connectivity index (χ1) is 13.0. The molecule has 1 saturated heterocycles. The maximum Gasteiger partial charge on any atom is 0.419 e. The number of halogens is 4. The average molecular weight is 512 g/mol. The van der Waals surface area contributed by atoms with Gasteiger partial charge in [-0.05, 0) is 37.8 Å². The topological polar surface area (TPSA) is 48.9 Å². The molecule has 0 aromatic heterocycles. The van der Waals surface area contributed by atoms with E-state index in [2.05, 4.69) is 20.5 Å². The summed E-state index contributed by atoms with van der Waals surface area (Å²) in [5.74, 6) is 0.509. The molecule has 1 aliphatic carbocycles. The van der Waals surface area contributed by atoms with Gasteiger partial charge in [-0.1, -0.05) is 12.1 Å². The van der Waals surface area contributed by atoms with E-state index in [9.17, 15) is 13.2 Å². The van der Waals surface area contributed by atoms with Gasteiger partial charge in [-0.15, -0.1) is 24.0 Å². The van der Waals surface area contributed by atoms with E-state index in [0.717, 1.165) is 38.0 Å². The molecule has 2 N–H and O–H groups in total. The van der Waals surface area contributed by atoms with Gasteiger partial charge in [-0.25, -0.2) is 0 Å². The first-order valence-corrected chi connectivity index (χ1v) is 9.47. The molecule has 1 aromatic carbocycles. The van der Waals surface area contributed by atoms with Crippen LogP contribution in [-0.4, -0.2) is 56.2 Å². The zero-order valence-corrected chi connectivity index (χ0v) is 18.3. The molecule has 0 radical (unpaired) electrons. The van der Waals surface area contributed by atoms with Crippen molar-refractivity contribution in [1.29, 1.82) is 0 Å². The van der Waals surface area contributed by atoms with Crippen LogP contribution in [0.2, 0.25) is 0 Å². The summed E-state index contributed by atoms with van der Waals surface area (Å²) >= 11 is 0. The van der Waals surface area contributed by atoms with Crippen LogP contribution in [0.5, 0.6) is 5.75 Å². The van der Waals surface area contributed by atoms with E-state index >= 15 is 0 Å². The van der Waals surface area contributed by atoms with Gasteiger partial charge in [0.05, 0.1) is 12.1 Å². The Morgan fingerprint density at radius 2 is 1.86 bits per heavy atom. The second-order valence-corrected chi connectivity index (χ2v) is 7.03. The monoisotopic (exact) mass is 512 g/mol. The summed E-state index contributed by atoms with van der Waals surface area (Å²) in [5, 5.41) is 6.51. The Morgan fingerprint density at radius 3 is 2.46 bits per heavy atom. The number of para-hydroxylation sites is 1. The van der Waals surface area contributed by atoms with Crippen LogP contribution in [0.1, 0.15) is 31.2 Å². The van der Waals surface area contributed by atoms with Crippen molar-refractivity contribution in [2.75, 3.05) is 33.3 Å². The smallest absolute Gasteiger partial charge is 0.419 e. The van der Waals surface area contributed by atoms with E-state index < -0.39 is 11.7 Å². The Balaban J connectivity index is 0.00000280. The quantitative estimate of drug-likeness (QED) is 0.265. The fourth-order valence-corrected chi connectivity index (χ4v) is 3.39. The Bertz CT molecular complexity index is 644. The highest BCUT2D eigenvalue weighted by Gasteiger charge is 2.34. The summed E-state index contributed by atoms with van der Waals surface area (Å²) in [6, 6.07) is 6.43. The highest BCUT2D eigenvalue weighted by atomic mass is 127. The molecule has 0 unspecified atom stereocenters. The van der Waals surface area contributed by atoms with Gasteiger partial charge in [0, 0.05) is 32.2 Å². The lowest BCUT2D eigenvalue weighted by Crippen LogP contribution is -2.49. The fraction of sp³-hybridized carbons (Fsp3) is 0.632. The van der Waals surface area contributed by atoms with Crippen LogP contribution in [0.3, 0.4) is 0 Å². The molecule has 1 aliphatic heterocycles. The van der Waals surface area contributed by atoms with Gasteiger partial charge in [0.1, 0.15) is 12.4 Å². The molecule has 158 valence electrons.